The number of aromatic nitrogens is 1. The monoisotopic (exact) mass is 224 g/mol. The van der Waals surface area contributed by atoms with Crippen molar-refractivity contribution in [1.29, 1.82) is 0 Å². The molecule has 1 aromatic rings. The molecule has 1 atom stereocenters. The third-order valence-corrected chi connectivity index (χ3v) is 3.11. The molecule has 82 valence electrons. The molecule has 1 unspecified atom stereocenters. The number of likely N-dealkylation sites (tertiary alicyclic amines) is 1. The smallest absolute Gasteiger partial charge is 0.129 e. The number of hydrogen-bond donors (Lipinski definition) is 0. The van der Waals surface area contributed by atoms with E-state index in [2.05, 4.69) is 16.8 Å². The summed E-state index contributed by atoms with van der Waals surface area (Å²) in [5.74, 6) is 0.818. The molecule has 2 heterocycles. The average Bonchev–Trinajstić information content (AvgIpc) is 2.17. The molecule has 1 aliphatic rings. The molecule has 0 radical (unpaired) electrons. The molecule has 1 fully saturated rings. The van der Waals surface area contributed by atoms with E-state index in [1.807, 2.05) is 18.2 Å². The van der Waals surface area contributed by atoms with E-state index in [0.29, 0.717) is 5.15 Å². The standard InChI is InChI=1S/C12H17ClN2/c1-10-4-3-7-15(8-10)9-11-5-2-6-12(13)14-11/h2,5-6,10H,3-4,7-9H2,1H3. The highest BCUT2D eigenvalue weighted by molar-refractivity contribution is 6.29. The fraction of sp³-hybridized carbons (Fsp3) is 0.583. The minimum atomic E-state index is 0.595. The predicted octanol–water partition coefficient (Wildman–Crippen LogP) is 2.97. The zero-order valence-corrected chi connectivity index (χ0v) is 9.87. The van der Waals surface area contributed by atoms with Crippen molar-refractivity contribution < 1.29 is 0 Å². The van der Waals surface area contributed by atoms with E-state index in [4.69, 9.17) is 11.6 Å². The van der Waals surface area contributed by atoms with Crippen LogP contribution in [0.3, 0.4) is 0 Å². The Kier molecular flexibility index (Phi) is 3.60. The van der Waals surface area contributed by atoms with Gasteiger partial charge in [0.1, 0.15) is 5.15 Å². The highest BCUT2D eigenvalue weighted by atomic mass is 35.5. The third kappa shape index (κ3) is 3.18. The molecule has 0 N–H and O–H groups in total. The van der Waals surface area contributed by atoms with Gasteiger partial charge in [-0.2, -0.15) is 0 Å². The van der Waals surface area contributed by atoms with Crippen LogP contribution in [0.2, 0.25) is 5.15 Å². The first-order valence-electron chi connectivity index (χ1n) is 5.58. The Morgan fingerprint density at radius 1 is 1.53 bits per heavy atom. The molecule has 1 aromatic heterocycles. The lowest BCUT2D eigenvalue weighted by molar-refractivity contribution is 0.175. The van der Waals surface area contributed by atoms with E-state index in [1.165, 1.54) is 25.9 Å². The lowest BCUT2D eigenvalue weighted by atomic mass is 10.0. The lowest BCUT2D eigenvalue weighted by Gasteiger charge is -2.30. The molecule has 1 saturated heterocycles. The van der Waals surface area contributed by atoms with Gasteiger partial charge in [-0.3, -0.25) is 4.90 Å². The fourth-order valence-corrected chi connectivity index (χ4v) is 2.38. The van der Waals surface area contributed by atoms with Gasteiger partial charge in [0.2, 0.25) is 0 Å². The quantitative estimate of drug-likeness (QED) is 0.719. The van der Waals surface area contributed by atoms with E-state index in [1.54, 1.807) is 0 Å². The second-order valence-electron chi connectivity index (χ2n) is 4.43. The predicted molar refractivity (Wildman–Crippen MR) is 62.9 cm³/mol. The van der Waals surface area contributed by atoms with Crippen molar-refractivity contribution in [2.45, 2.75) is 26.3 Å². The van der Waals surface area contributed by atoms with Crippen LogP contribution in [0, 0.1) is 5.92 Å². The summed E-state index contributed by atoms with van der Waals surface area (Å²) in [4.78, 5) is 6.78. The van der Waals surface area contributed by atoms with Gasteiger partial charge >= 0.3 is 0 Å². The Hall–Kier alpha value is -0.600. The van der Waals surface area contributed by atoms with Crippen LogP contribution >= 0.6 is 11.6 Å². The van der Waals surface area contributed by atoms with Crippen LogP contribution in [-0.4, -0.2) is 23.0 Å². The van der Waals surface area contributed by atoms with Crippen LogP contribution in [0.1, 0.15) is 25.5 Å². The van der Waals surface area contributed by atoms with Gasteiger partial charge < -0.3 is 0 Å². The minimum absolute atomic E-state index is 0.595. The van der Waals surface area contributed by atoms with E-state index < -0.39 is 0 Å². The first-order valence-corrected chi connectivity index (χ1v) is 5.95. The summed E-state index contributed by atoms with van der Waals surface area (Å²) >= 11 is 5.86. The van der Waals surface area contributed by atoms with Crippen LogP contribution in [0.5, 0.6) is 0 Å². The molecule has 0 amide bonds. The van der Waals surface area contributed by atoms with E-state index in [-0.39, 0.29) is 0 Å². The molecule has 1 aliphatic heterocycles. The van der Waals surface area contributed by atoms with E-state index in [0.717, 1.165) is 18.2 Å². The average molecular weight is 225 g/mol. The Balaban J connectivity index is 1.96. The second kappa shape index (κ2) is 4.95. The van der Waals surface area contributed by atoms with Crippen molar-refractivity contribution in [3.05, 3.63) is 29.0 Å². The highest BCUT2D eigenvalue weighted by Gasteiger charge is 2.16. The minimum Gasteiger partial charge on any atom is -0.297 e. The Bertz CT molecular complexity index is 327. The summed E-state index contributed by atoms with van der Waals surface area (Å²) in [5.41, 5.74) is 1.08. The maximum atomic E-state index is 5.86. The zero-order chi connectivity index (χ0) is 10.7. The Morgan fingerprint density at radius 3 is 3.13 bits per heavy atom. The summed E-state index contributed by atoms with van der Waals surface area (Å²) in [6.45, 7) is 5.63. The number of halogens is 1. The van der Waals surface area contributed by atoms with Gasteiger partial charge in [0.15, 0.2) is 0 Å². The summed E-state index contributed by atoms with van der Waals surface area (Å²) in [7, 11) is 0. The van der Waals surface area contributed by atoms with Crippen molar-refractivity contribution >= 4 is 11.6 Å². The third-order valence-electron chi connectivity index (χ3n) is 2.90. The number of nitrogens with zero attached hydrogens (tertiary/aromatic N) is 2. The first kappa shape index (κ1) is 10.9. The fourth-order valence-electron chi connectivity index (χ4n) is 2.20. The van der Waals surface area contributed by atoms with E-state index >= 15 is 0 Å². The normalized spacial score (nSPS) is 22.9. The SMILES string of the molecule is CC1CCCN(Cc2cccc(Cl)n2)C1. The largest absolute Gasteiger partial charge is 0.297 e. The number of hydrogen-bond acceptors (Lipinski definition) is 2. The molecule has 0 aromatic carbocycles. The molecule has 0 saturated carbocycles. The Labute approximate surface area is 96.3 Å². The van der Waals surface area contributed by atoms with Gasteiger partial charge in [-0.15, -0.1) is 0 Å². The molecule has 0 aliphatic carbocycles. The summed E-state index contributed by atoms with van der Waals surface area (Å²) < 4.78 is 0. The number of rotatable bonds is 2. The maximum absolute atomic E-state index is 5.86. The molecular weight excluding hydrogens is 208 g/mol. The van der Waals surface area contributed by atoms with Crippen LogP contribution in [-0.2, 0) is 6.54 Å². The Morgan fingerprint density at radius 2 is 2.40 bits per heavy atom. The first-order chi connectivity index (χ1) is 7.24. The summed E-state index contributed by atoms with van der Waals surface area (Å²) in [6.07, 6.45) is 2.67. The zero-order valence-electron chi connectivity index (χ0n) is 9.12. The van der Waals surface area contributed by atoms with E-state index in [9.17, 15) is 0 Å². The maximum Gasteiger partial charge on any atom is 0.129 e. The van der Waals surface area contributed by atoms with Crippen LogP contribution < -0.4 is 0 Å². The van der Waals surface area contributed by atoms with Gasteiger partial charge in [0.25, 0.3) is 0 Å². The van der Waals surface area contributed by atoms with Crippen LogP contribution in [0.25, 0.3) is 0 Å². The van der Waals surface area contributed by atoms with Gasteiger partial charge in [0, 0.05) is 13.1 Å². The molecule has 15 heavy (non-hydrogen) atoms. The summed E-state index contributed by atoms with van der Waals surface area (Å²) in [5, 5.41) is 0.595. The lowest BCUT2D eigenvalue weighted by Crippen LogP contribution is -2.33. The highest BCUT2D eigenvalue weighted by Crippen LogP contribution is 2.17. The van der Waals surface area contributed by atoms with Crippen molar-refractivity contribution in [3.63, 3.8) is 0 Å². The molecule has 0 bridgehead atoms. The second-order valence-corrected chi connectivity index (χ2v) is 4.82. The van der Waals surface area contributed by atoms with Crippen LogP contribution in [0.4, 0.5) is 0 Å². The van der Waals surface area contributed by atoms with Gasteiger partial charge in [-0.05, 0) is 37.4 Å². The topological polar surface area (TPSA) is 16.1 Å². The molecule has 2 nitrogen and oxygen atoms in total. The molecule has 0 spiro atoms. The number of piperidine rings is 1. The van der Waals surface area contributed by atoms with Crippen molar-refractivity contribution in [2.24, 2.45) is 5.92 Å². The van der Waals surface area contributed by atoms with Crippen molar-refractivity contribution in [1.82, 2.24) is 9.88 Å². The van der Waals surface area contributed by atoms with Gasteiger partial charge in [0.05, 0.1) is 5.69 Å². The summed E-state index contributed by atoms with van der Waals surface area (Å²) in [6, 6.07) is 5.84. The molecule has 2 rings (SSSR count). The molecular formula is C12H17ClN2. The molecule has 3 heteroatoms. The number of pyridine rings is 1. The van der Waals surface area contributed by atoms with Crippen molar-refractivity contribution in [3.8, 4) is 0 Å². The van der Waals surface area contributed by atoms with Crippen LogP contribution in [0.15, 0.2) is 18.2 Å². The van der Waals surface area contributed by atoms with Gasteiger partial charge in [-0.1, -0.05) is 24.6 Å². The van der Waals surface area contributed by atoms with Gasteiger partial charge in [-0.25, -0.2) is 4.98 Å². The van der Waals surface area contributed by atoms with Crippen molar-refractivity contribution in [2.75, 3.05) is 13.1 Å².